The Morgan fingerprint density at radius 2 is 1.93 bits per heavy atom. The summed E-state index contributed by atoms with van der Waals surface area (Å²) in [5.74, 6) is 1.16. The Bertz CT molecular complexity index is 305. The van der Waals surface area contributed by atoms with Crippen LogP contribution in [0, 0.1) is 0 Å². The van der Waals surface area contributed by atoms with Gasteiger partial charge in [-0.15, -0.1) is 11.8 Å². The van der Waals surface area contributed by atoms with Gasteiger partial charge in [0.1, 0.15) is 0 Å². The summed E-state index contributed by atoms with van der Waals surface area (Å²) in [5, 5.41) is 0. The van der Waals surface area contributed by atoms with E-state index in [9.17, 15) is 0 Å². The maximum Gasteiger partial charge on any atom is 0.0491 e. The molecule has 0 bridgehead atoms. The van der Waals surface area contributed by atoms with Crippen molar-refractivity contribution in [3.8, 4) is 0 Å². The minimum Gasteiger partial charge on any atom is -0.294 e. The summed E-state index contributed by atoms with van der Waals surface area (Å²) in [5.41, 5.74) is 1.49. The van der Waals surface area contributed by atoms with E-state index >= 15 is 0 Å². The van der Waals surface area contributed by atoms with Crippen molar-refractivity contribution in [3.63, 3.8) is 0 Å². The van der Waals surface area contributed by atoms with E-state index in [1.807, 2.05) is 11.8 Å². The van der Waals surface area contributed by atoms with Crippen molar-refractivity contribution >= 4 is 11.8 Å². The number of thioether (sulfide) groups is 1. The third-order valence-corrected chi connectivity index (χ3v) is 4.16. The monoisotopic (exact) mass is 221 g/mol. The van der Waals surface area contributed by atoms with Gasteiger partial charge in [0.05, 0.1) is 0 Å². The lowest BCUT2D eigenvalue weighted by Gasteiger charge is -2.15. The number of likely N-dealkylation sites (tertiary alicyclic amines) is 1. The molecule has 1 aromatic rings. The van der Waals surface area contributed by atoms with Crippen molar-refractivity contribution in [2.45, 2.75) is 31.1 Å². The topological polar surface area (TPSA) is 3.24 Å². The predicted octanol–water partition coefficient (Wildman–Crippen LogP) is 3.39. The number of rotatable bonds is 4. The smallest absolute Gasteiger partial charge is 0.0491 e. The van der Waals surface area contributed by atoms with Crippen molar-refractivity contribution in [2.75, 3.05) is 19.0 Å². The van der Waals surface area contributed by atoms with Gasteiger partial charge in [-0.2, -0.15) is 0 Å². The fourth-order valence-corrected chi connectivity index (χ4v) is 3.16. The minimum atomic E-state index is 1.14. The van der Waals surface area contributed by atoms with Crippen molar-refractivity contribution in [1.29, 1.82) is 0 Å². The minimum absolute atomic E-state index is 1.14. The van der Waals surface area contributed by atoms with E-state index in [2.05, 4.69) is 36.1 Å². The van der Waals surface area contributed by atoms with Gasteiger partial charge in [0.15, 0.2) is 0 Å². The molecule has 1 nitrogen and oxygen atoms in total. The van der Waals surface area contributed by atoms with Crippen LogP contribution in [0.25, 0.3) is 0 Å². The van der Waals surface area contributed by atoms with Gasteiger partial charge in [0.2, 0.25) is 0 Å². The quantitative estimate of drug-likeness (QED) is 0.717. The van der Waals surface area contributed by atoms with Crippen LogP contribution in [0.2, 0.25) is 0 Å². The van der Waals surface area contributed by atoms with Crippen LogP contribution < -0.4 is 0 Å². The van der Waals surface area contributed by atoms with E-state index in [0.29, 0.717) is 0 Å². The third kappa shape index (κ3) is 2.99. The van der Waals surface area contributed by atoms with Crippen LogP contribution in [-0.4, -0.2) is 23.9 Å². The Morgan fingerprint density at radius 1 is 1.20 bits per heavy atom. The van der Waals surface area contributed by atoms with Crippen LogP contribution in [0.4, 0.5) is 0 Å². The molecule has 1 heterocycles. The van der Waals surface area contributed by atoms with Crippen LogP contribution in [0.1, 0.15) is 25.3 Å². The highest BCUT2D eigenvalue weighted by atomic mass is 32.2. The van der Waals surface area contributed by atoms with Gasteiger partial charge in [-0.05, 0) is 44.0 Å². The van der Waals surface area contributed by atoms with Crippen LogP contribution in [0.5, 0.6) is 0 Å². The fraction of sp³-hybridized carbons (Fsp3) is 0.538. The number of hydrogen-bond donors (Lipinski definition) is 0. The highest BCUT2D eigenvalue weighted by Gasteiger charge is 2.11. The van der Waals surface area contributed by atoms with Gasteiger partial charge in [-0.25, -0.2) is 0 Å². The lowest BCUT2D eigenvalue weighted by molar-refractivity contribution is 0.401. The molecule has 0 radical (unpaired) electrons. The zero-order valence-corrected chi connectivity index (χ0v) is 10.2. The number of aryl methyl sites for hydroxylation is 1. The molecule has 2 rings (SSSR count). The molecule has 0 unspecified atom stereocenters. The summed E-state index contributed by atoms with van der Waals surface area (Å²) in [6.07, 6.45) is 3.91. The molecule has 1 aromatic carbocycles. The van der Waals surface area contributed by atoms with Gasteiger partial charge in [-0.3, -0.25) is 4.90 Å². The Hall–Kier alpha value is -0.470. The molecule has 82 valence electrons. The average molecular weight is 221 g/mol. The van der Waals surface area contributed by atoms with Crippen molar-refractivity contribution in [1.82, 2.24) is 4.90 Å². The molecule has 0 aromatic heterocycles. The van der Waals surface area contributed by atoms with E-state index in [0.717, 1.165) is 12.3 Å². The van der Waals surface area contributed by atoms with E-state index in [1.165, 1.54) is 36.4 Å². The zero-order chi connectivity index (χ0) is 10.5. The highest BCUT2D eigenvalue weighted by Crippen LogP contribution is 2.25. The van der Waals surface area contributed by atoms with Gasteiger partial charge < -0.3 is 0 Å². The van der Waals surface area contributed by atoms with Crippen molar-refractivity contribution in [2.24, 2.45) is 0 Å². The standard InChI is InChI=1S/C13H19NS/c1-2-12-7-3-4-8-13(12)15-11-14-9-5-6-10-14/h3-4,7-8H,2,5-6,9-11H2,1H3. The molecular weight excluding hydrogens is 202 g/mol. The molecule has 0 spiro atoms. The van der Waals surface area contributed by atoms with Gasteiger partial charge >= 0.3 is 0 Å². The summed E-state index contributed by atoms with van der Waals surface area (Å²) in [6.45, 7) is 4.82. The van der Waals surface area contributed by atoms with Crippen molar-refractivity contribution < 1.29 is 0 Å². The normalized spacial score (nSPS) is 17.1. The summed E-state index contributed by atoms with van der Waals surface area (Å²) in [6, 6.07) is 8.77. The van der Waals surface area contributed by atoms with Crippen LogP contribution in [-0.2, 0) is 6.42 Å². The summed E-state index contributed by atoms with van der Waals surface area (Å²) in [4.78, 5) is 4.02. The summed E-state index contributed by atoms with van der Waals surface area (Å²) in [7, 11) is 0. The fourth-order valence-electron chi connectivity index (χ4n) is 2.01. The molecule has 1 fully saturated rings. The molecule has 0 saturated carbocycles. The summed E-state index contributed by atoms with van der Waals surface area (Å²) >= 11 is 1.99. The van der Waals surface area contributed by atoms with E-state index in [4.69, 9.17) is 0 Å². The number of nitrogens with zero attached hydrogens (tertiary/aromatic N) is 1. The molecule has 2 heteroatoms. The first kappa shape index (κ1) is 11.0. The molecule has 1 aliphatic rings. The van der Waals surface area contributed by atoms with Gasteiger partial charge in [0, 0.05) is 10.8 Å². The largest absolute Gasteiger partial charge is 0.294 e. The molecule has 1 saturated heterocycles. The van der Waals surface area contributed by atoms with Crippen LogP contribution >= 0.6 is 11.8 Å². The van der Waals surface area contributed by atoms with E-state index < -0.39 is 0 Å². The lowest BCUT2D eigenvalue weighted by atomic mass is 10.2. The van der Waals surface area contributed by atoms with E-state index in [-0.39, 0.29) is 0 Å². The second-order valence-electron chi connectivity index (χ2n) is 4.06. The van der Waals surface area contributed by atoms with Crippen LogP contribution in [0.15, 0.2) is 29.2 Å². The molecule has 0 N–H and O–H groups in total. The first-order valence-corrected chi connectivity index (χ1v) is 6.82. The molecule has 0 atom stereocenters. The first-order valence-electron chi connectivity index (χ1n) is 5.83. The molecular formula is C13H19NS. The van der Waals surface area contributed by atoms with E-state index in [1.54, 1.807) is 0 Å². The Labute approximate surface area is 96.9 Å². The second kappa shape index (κ2) is 5.57. The third-order valence-electron chi connectivity index (χ3n) is 2.95. The molecule has 0 aliphatic carbocycles. The molecule has 0 amide bonds. The Balaban J connectivity index is 1.91. The summed E-state index contributed by atoms with van der Waals surface area (Å²) < 4.78 is 0. The zero-order valence-electron chi connectivity index (χ0n) is 9.41. The highest BCUT2D eigenvalue weighted by molar-refractivity contribution is 7.99. The van der Waals surface area contributed by atoms with Gasteiger partial charge in [-0.1, -0.05) is 25.1 Å². The number of benzene rings is 1. The molecule has 15 heavy (non-hydrogen) atoms. The predicted molar refractivity (Wildman–Crippen MR) is 67.4 cm³/mol. The average Bonchev–Trinajstić information content (AvgIpc) is 2.79. The lowest BCUT2D eigenvalue weighted by Crippen LogP contribution is -2.18. The maximum atomic E-state index is 2.55. The SMILES string of the molecule is CCc1ccccc1SCN1CCCC1. The van der Waals surface area contributed by atoms with Crippen LogP contribution in [0.3, 0.4) is 0 Å². The van der Waals surface area contributed by atoms with Crippen molar-refractivity contribution in [3.05, 3.63) is 29.8 Å². The second-order valence-corrected chi connectivity index (χ2v) is 5.05. The van der Waals surface area contributed by atoms with Gasteiger partial charge in [0.25, 0.3) is 0 Å². The molecule has 1 aliphatic heterocycles. The number of hydrogen-bond acceptors (Lipinski definition) is 2. The Morgan fingerprint density at radius 3 is 2.67 bits per heavy atom. The maximum absolute atomic E-state index is 2.55. The Kier molecular flexibility index (Phi) is 4.09. The first-order chi connectivity index (χ1) is 7.40.